The van der Waals surface area contributed by atoms with Crippen molar-refractivity contribution in [1.82, 2.24) is 29.9 Å². The standard InChI is InChI=1S/C22H20N4O5S3.2C22H18N4O4S2.C2H6/c27-14-31-11-19-22(33-13-23-19)24-18(10-15-6-8-17(9-7-15)26-34(28,29)30)20-12-32-21(25-20)16-4-2-1-3-5-16;2*27-14-30-11-19-22(32-13-23-19)24-18(10-15-6-8-17(9-7-15)26(28)29)20-12-31-21(25-20)16-4-2-1-3-5-16;1-2/h1-9,12-14,18,24,26H,10-11H2,(H,28,29,30);2*1-9,12-14,18,24H,10-11H2;1-2H3/t3*18-;/m000./s1. The number of thiazole rings is 6. The smallest absolute Gasteiger partial charge is 0.357 e. The van der Waals surface area contributed by atoms with Crippen LogP contribution in [-0.2, 0) is 78.0 Å². The number of rotatable bonds is 31. The lowest BCUT2D eigenvalue weighted by Gasteiger charge is -2.18. The maximum Gasteiger partial charge on any atom is 0.357 e. The molecule has 0 aliphatic carbocycles. The SMILES string of the molecule is CC.O=COCc1ncsc1N[C@@H](Cc1ccc(NS(=O)(=O)O)cc1)c1csc(-c2ccccc2)n1.O=COCc1ncsc1N[C@@H](Cc1ccc([N+](=O)[O-])cc1)c1csc(-c2ccccc2)n1.O=COCc1ncsc1N[C@@H](Cc1ccc([N+](=O)[O-])cc1)c1csc(-c2ccccc2)n1. The van der Waals surface area contributed by atoms with Crippen LogP contribution in [0.2, 0.25) is 0 Å². The molecular weight excluding hydrogens is 1420 g/mol. The topological polar surface area (TPSA) is 345 Å². The Labute approximate surface area is 597 Å². The predicted octanol–water partition coefficient (Wildman–Crippen LogP) is 16.1. The predicted molar refractivity (Wildman–Crippen MR) is 391 cm³/mol. The average molecular weight is 1480 g/mol. The number of hydrogen-bond donors (Lipinski definition) is 5. The van der Waals surface area contributed by atoms with Gasteiger partial charge in [0, 0.05) is 57.1 Å². The van der Waals surface area contributed by atoms with E-state index in [1.807, 2.05) is 126 Å². The largest absolute Gasteiger partial charge is 0.461 e. The molecule has 0 unspecified atom stereocenters. The summed E-state index contributed by atoms with van der Waals surface area (Å²) in [5.74, 6) is 0. The van der Waals surface area contributed by atoms with Crippen LogP contribution in [0.1, 0.15) is 82.8 Å². The summed E-state index contributed by atoms with van der Waals surface area (Å²) in [6.45, 7) is 5.38. The van der Waals surface area contributed by atoms with Crippen molar-refractivity contribution in [3.8, 4) is 31.7 Å². The number of anilines is 4. The van der Waals surface area contributed by atoms with Crippen LogP contribution >= 0.6 is 68.0 Å². The van der Waals surface area contributed by atoms with Gasteiger partial charge in [-0.1, -0.05) is 141 Å². The first-order valence-electron chi connectivity index (χ1n) is 30.2. The molecule has 3 atom stereocenters. The molecule has 12 aromatic rings. The molecule has 0 spiro atoms. The Morgan fingerprint density at radius 1 is 0.450 bits per heavy atom. The molecule has 0 radical (unpaired) electrons. The van der Waals surface area contributed by atoms with E-state index in [4.69, 9.17) is 33.7 Å². The Hall–Kier alpha value is -10.6. The number of carbonyl (C=O) groups is 3. The Morgan fingerprint density at radius 3 is 1.01 bits per heavy atom. The summed E-state index contributed by atoms with van der Waals surface area (Å²) < 4.78 is 47.7. The highest BCUT2D eigenvalue weighted by atomic mass is 32.2. The summed E-state index contributed by atoms with van der Waals surface area (Å²) in [4.78, 5) is 80.2. The summed E-state index contributed by atoms with van der Waals surface area (Å²) in [6.07, 6.45) is 1.65. The maximum absolute atomic E-state index is 11.0. The van der Waals surface area contributed by atoms with Crippen LogP contribution in [0.15, 0.2) is 196 Å². The number of ether oxygens (including phenoxy) is 3. The van der Waals surface area contributed by atoms with Gasteiger partial charge in [-0.2, -0.15) is 8.42 Å². The van der Waals surface area contributed by atoms with Crippen LogP contribution in [0.4, 0.5) is 32.1 Å². The van der Waals surface area contributed by atoms with Gasteiger partial charge >= 0.3 is 10.3 Å². The summed E-state index contributed by atoms with van der Waals surface area (Å²) in [5, 5.41) is 43.4. The van der Waals surface area contributed by atoms with Gasteiger partial charge in [0.25, 0.3) is 30.8 Å². The first kappa shape index (κ1) is 73.7. The van der Waals surface area contributed by atoms with E-state index in [2.05, 4.69) is 30.9 Å². The number of nitro groups is 2. The van der Waals surface area contributed by atoms with Gasteiger partial charge in [0.1, 0.15) is 66.9 Å². The van der Waals surface area contributed by atoms with E-state index in [0.29, 0.717) is 55.8 Å². The van der Waals surface area contributed by atoms with E-state index < -0.39 is 20.2 Å². The first-order chi connectivity index (χ1) is 48.7. The van der Waals surface area contributed by atoms with E-state index >= 15 is 0 Å². The number of nitrogens with one attached hydrogen (secondary N) is 4. The highest BCUT2D eigenvalue weighted by molar-refractivity contribution is 7.87. The van der Waals surface area contributed by atoms with Gasteiger partial charge in [-0.05, 0) is 48.1 Å². The van der Waals surface area contributed by atoms with Crippen LogP contribution in [0, 0.1) is 20.2 Å². The van der Waals surface area contributed by atoms with Gasteiger partial charge in [-0.25, -0.2) is 29.9 Å². The van der Waals surface area contributed by atoms with E-state index in [9.17, 15) is 43.0 Å². The number of nitrogens with zero attached hydrogens (tertiary/aromatic N) is 8. The van der Waals surface area contributed by atoms with E-state index in [1.165, 1.54) is 58.3 Å². The quantitative estimate of drug-likeness (QED) is 0.00886. The van der Waals surface area contributed by atoms with Gasteiger partial charge in [-0.3, -0.25) is 43.9 Å². The van der Waals surface area contributed by atoms with Gasteiger partial charge in [-0.15, -0.1) is 68.0 Å². The fourth-order valence-electron chi connectivity index (χ4n) is 9.52. The van der Waals surface area contributed by atoms with Gasteiger partial charge in [0.2, 0.25) is 0 Å². The lowest BCUT2D eigenvalue weighted by Crippen LogP contribution is -2.15. The van der Waals surface area contributed by atoms with E-state index in [1.54, 1.807) is 99.1 Å². The Kier molecular flexibility index (Phi) is 27.5. The molecule has 514 valence electrons. The van der Waals surface area contributed by atoms with Crippen molar-refractivity contribution in [2.24, 2.45) is 0 Å². The van der Waals surface area contributed by atoms with Crippen molar-refractivity contribution >= 4 is 130 Å². The van der Waals surface area contributed by atoms with Crippen LogP contribution < -0.4 is 20.7 Å². The summed E-state index contributed by atoms with van der Waals surface area (Å²) in [5.41, 5.74) is 15.7. The third-order valence-electron chi connectivity index (χ3n) is 14.2. The van der Waals surface area contributed by atoms with E-state index in [0.717, 1.165) is 80.5 Å². The number of hydrogen-bond acceptors (Lipinski definition) is 27. The maximum atomic E-state index is 11.0. The van der Waals surface area contributed by atoms with Crippen LogP contribution in [0.25, 0.3) is 31.7 Å². The first-order valence-corrected chi connectivity index (χ1v) is 37.0. The molecule has 6 aromatic heterocycles. The lowest BCUT2D eigenvalue weighted by molar-refractivity contribution is -0.385. The Bertz CT molecular complexity index is 4470. The fourth-order valence-corrected chi connectivity index (χ4v) is 14.8. The molecule has 0 amide bonds. The lowest BCUT2D eigenvalue weighted by atomic mass is 10.0. The molecule has 0 aliphatic heterocycles. The Balaban J connectivity index is 0.000000173. The van der Waals surface area contributed by atoms with Crippen molar-refractivity contribution < 1.29 is 51.4 Å². The van der Waals surface area contributed by atoms with E-state index in [-0.39, 0.29) is 55.0 Å². The van der Waals surface area contributed by atoms with Crippen molar-refractivity contribution in [3.63, 3.8) is 0 Å². The average Bonchev–Trinajstić information content (AvgIpc) is 1.68. The van der Waals surface area contributed by atoms with Crippen molar-refractivity contribution in [2.45, 2.75) is 71.1 Å². The molecular formula is C68H62N12O13S7. The van der Waals surface area contributed by atoms with Crippen LogP contribution in [0.3, 0.4) is 0 Å². The van der Waals surface area contributed by atoms with Crippen molar-refractivity contribution in [3.05, 3.63) is 268 Å². The third kappa shape index (κ3) is 21.7. The molecule has 5 N–H and O–H groups in total. The molecule has 25 nitrogen and oxygen atoms in total. The van der Waals surface area contributed by atoms with Crippen molar-refractivity contribution in [1.29, 1.82) is 0 Å². The van der Waals surface area contributed by atoms with Crippen LogP contribution in [0.5, 0.6) is 0 Å². The summed E-state index contributed by atoms with van der Waals surface area (Å²) >= 11 is 8.87. The summed E-state index contributed by atoms with van der Waals surface area (Å²) in [7, 11) is -4.34. The molecule has 6 aromatic carbocycles. The molecule has 32 heteroatoms. The number of benzene rings is 6. The second kappa shape index (κ2) is 37.4. The zero-order valence-electron chi connectivity index (χ0n) is 53.0. The molecule has 0 aliphatic rings. The normalized spacial score (nSPS) is 11.6. The second-order valence-corrected chi connectivity index (χ2v) is 27.1. The molecule has 100 heavy (non-hydrogen) atoms. The number of nitro benzene ring substituents is 2. The number of non-ortho nitro benzene ring substituents is 2. The third-order valence-corrected chi connectivity index (χ3v) is 19.8. The minimum Gasteiger partial charge on any atom is -0.461 e. The second-order valence-electron chi connectivity index (χ2n) is 20.8. The molecule has 0 saturated heterocycles. The van der Waals surface area contributed by atoms with Gasteiger partial charge in [0.15, 0.2) is 0 Å². The molecule has 0 saturated carbocycles. The number of aromatic nitrogens is 6. The minimum atomic E-state index is -4.34. The highest BCUT2D eigenvalue weighted by Gasteiger charge is 2.24. The minimum absolute atomic E-state index is 0.0500. The molecule has 12 rings (SSSR count). The van der Waals surface area contributed by atoms with Crippen LogP contribution in [-0.4, -0.2) is 72.1 Å². The fraction of sp³-hybridized carbons (Fsp3) is 0.162. The monoisotopic (exact) mass is 1480 g/mol. The van der Waals surface area contributed by atoms with Crippen molar-refractivity contribution in [2.75, 3.05) is 20.7 Å². The zero-order valence-corrected chi connectivity index (χ0v) is 58.8. The molecule has 0 fully saturated rings. The highest BCUT2D eigenvalue weighted by Crippen LogP contribution is 2.37. The molecule has 0 bridgehead atoms. The molecule has 6 heterocycles. The number of carbonyl (C=O) groups excluding carboxylic acids is 3. The summed E-state index contributed by atoms with van der Waals surface area (Å²) in [6, 6.07) is 48.8. The van der Waals surface area contributed by atoms with Gasteiger partial charge in [0.05, 0.1) is 67.3 Å². The Morgan fingerprint density at radius 2 is 0.740 bits per heavy atom. The van der Waals surface area contributed by atoms with Gasteiger partial charge < -0.3 is 30.2 Å². The zero-order chi connectivity index (χ0) is 70.6.